The van der Waals surface area contributed by atoms with Crippen LogP contribution in [0.25, 0.3) is 0 Å². The number of aryl methyl sites for hydroxylation is 1. The monoisotopic (exact) mass is 321 g/mol. The summed E-state index contributed by atoms with van der Waals surface area (Å²) in [5.74, 6) is -0.228. The maximum absolute atomic E-state index is 12.7. The molecule has 0 aliphatic rings. The lowest BCUT2D eigenvalue weighted by atomic mass is 10.1. The van der Waals surface area contributed by atoms with Crippen molar-refractivity contribution in [3.8, 4) is 5.75 Å². The topological polar surface area (TPSA) is 104 Å². The van der Waals surface area contributed by atoms with Gasteiger partial charge >= 0.3 is 5.69 Å². The summed E-state index contributed by atoms with van der Waals surface area (Å²) in [6, 6.07) is 5.53. The molecule has 0 unspecified atom stereocenters. The molecule has 0 aliphatic carbocycles. The number of carbonyl (C=O) groups is 1. The average molecular weight is 321 g/mol. The number of aromatic amines is 2. The molecule has 1 aromatic heterocycles. The Bertz CT molecular complexity index is 796. The summed E-state index contributed by atoms with van der Waals surface area (Å²) < 4.78 is 18.0. The van der Waals surface area contributed by atoms with Gasteiger partial charge in [-0.1, -0.05) is 0 Å². The first-order valence-corrected chi connectivity index (χ1v) is 6.93. The van der Waals surface area contributed by atoms with Crippen molar-refractivity contribution in [1.29, 1.82) is 0 Å². The zero-order valence-corrected chi connectivity index (χ0v) is 12.4. The first-order chi connectivity index (χ1) is 11.0. The van der Waals surface area contributed by atoms with E-state index in [2.05, 4.69) is 15.3 Å². The summed E-state index contributed by atoms with van der Waals surface area (Å²) >= 11 is 0. The van der Waals surface area contributed by atoms with Crippen LogP contribution in [-0.4, -0.2) is 29.0 Å². The van der Waals surface area contributed by atoms with Crippen LogP contribution < -0.4 is 21.3 Å². The molecule has 1 aromatic carbocycles. The minimum atomic E-state index is -0.607. The Hall–Kier alpha value is -2.90. The number of hydrogen-bond donors (Lipinski definition) is 3. The lowest BCUT2D eigenvalue weighted by molar-refractivity contribution is -0.120. The SMILES string of the molecule is Cc1[nH]c(=O)[nH]c(=O)c1CC(=O)NCCOc1ccc(F)cc1. The summed E-state index contributed by atoms with van der Waals surface area (Å²) in [5.41, 5.74) is -0.619. The van der Waals surface area contributed by atoms with Crippen molar-refractivity contribution < 1.29 is 13.9 Å². The predicted molar refractivity (Wildman–Crippen MR) is 81.0 cm³/mol. The van der Waals surface area contributed by atoms with Crippen LogP contribution in [0.3, 0.4) is 0 Å². The van der Waals surface area contributed by atoms with E-state index in [0.717, 1.165) is 0 Å². The number of nitrogens with one attached hydrogen (secondary N) is 3. The summed E-state index contributed by atoms with van der Waals surface area (Å²) in [6.07, 6.45) is -0.144. The van der Waals surface area contributed by atoms with Gasteiger partial charge in [-0.25, -0.2) is 9.18 Å². The number of ether oxygens (including phenoxy) is 1. The molecule has 7 nitrogen and oxygen atoms in total. The fourth-order valence-corrected chi connectivity index (χ4v) is 1.95. The molecule has 0 saturated heterocycles. The number of halogens is 1. The average Bonchev–Trinajstić information content (AvgIpc) is 2.49. The second-order valence-electron chi connectivity index (χ2n) is 4.84. The van der Waals surface area contributed by atoms with E-state index < -0.39 is 11.2 Å². The molecule has 0 atom stereocenters. The summed E-state index contributed by atoms with van der Waals surface area (Å²) in [6.45, 7) is 1.99. The molecule has 122 valence electrons. The van der Waals surface area contributed by atoms with E-state index in [0.29, 0.717) is 11.4 Å². The number of rotatable bonds is 6. The van der Waals surface area contributed by atoms with Gasteiger partial charge in [0.1, 0.15) is 18.2 Å². The van der Waals surface area contributed by atoms with Crippen molar-refractivity contribution in [2.75, 3.05) is 13.2 Å². The zero-order chi connectivity index (χ0) is 16.8. The van der Waals surface area contributed by atoms with Crippen LogP contribution in [0, 0.1) is 12.7 Å². The highest BCUT2D eigenvalue weighted by Gasteiger charge is 2.10. The number of hydrogen-bond acceptors (Lipinski definition) is 4. The molecule has 0 saturated carbocycles. The molecule has 8 heteroatoms. The third-order valence-electron chi connectivity index (χ3n) is 3.10. The van der Waals surface area contributed by atoms with Gasteiger partial charge in [0.05, 0.1) is 13.0 Å². The summed E-state index contributed by atoms with van der Waals surface area (Å²) in [7, 11) is 0. The fraction of sp³-hybridized carbons (Fsp3) is 0.267. The smallest absolute Gasteiger partial charge is 0.325 e. The van der Waals surface area contributed by atoms with Crippen LogP contribution in [0.4, 0.5) is 4.39 Å². The minimum Gasteiger partial charge on any atom is -0.492 e. The van der Waals surface area contributed by atoms with Crippen LogP contribution >= 0.6 is 0 Å². The number of aromatic nitrogens is 2. The Morgan fingerprint density at radius 2 is 1.91 bits per heavy atom. The Morgan fingerprint density at radius 3 is 2.57 bits per heavy atom. The molecule has 0 fully saturated rings. The van der Waals surface area contributed by atoms with Gasteiger partial charge in [-0.15, -0.1) is 0 Å². The molecule has 1 heterocycles. The molecular weight excluding hydrogens is 305 g/mol. The fourth-order valence-electron chi connectivity index (χ4n) is 1.95. The maximum Gasteiger partial charge on any atom is 0.325 e. The number of amides is 1. The molecule has 3 N–H and O–H groups in total. The molecule has 1 amide bonds. The molecule has 0 spiro atoms. The van der Waals surface area contributed by atoms with Crippen LogP contribution in [-0.2, 0) is 11.2 Å². The minimum absolute atomic E-state index is 0.144. The normalized spacial score (nSPS) is 10.3. The second kappa shape index (κ2) is 7.39. The van der Waals surface area contributed by atoms with E-state index in [-0.39, 0.29) is 36.9 Å². The van der Waals surface area contributed by atoms with E-state index in [9.17, 15) is 18.8 Å². The van der Waals surface area contributed by atoms with Gasteiger partial charge in [0.15, 0.2) is 0 Å². The number of benzene rings is 1. The Morgan fingerprint density at radius 1 is 1.22 bits per heavy atom. The highest BCUT2D eigenvalue weighted by Crippen LogP contribution is 2.10. The Labute approximate surface area is 130 Å². The summed E-state index contributed by atoms with van der Waals surface area (Å²) in [5, 5.41) is 2.60. The summed E-state index contributed by atoms with van der Waals surface area (Å²) in [4.78, 5) is 39.0. The molecule has 2 aromatic rings. The van der Waals surface area contributed by atoms with Crippen molar-refractivity contribution in [1.82, 2.24) is 15.3 Å². The van der Waals surface area contributed by atoms with Gasteiger partial charge in [0, 0.05) is 11.3 Å². The van der Waals surface area contributed by atoms with Crippen LogP contribution in [0.15, 0.2) is 33.9 Å². The van der Waals surface area contributed by atoms with E-state index in [1.807, 2.05) is 0 Å². The van der Waals surface area contributed by atoms with Gasteiger partial charge in [-0.3, -0.25) is 14.6 Å². The lowest BCUT2D eigenvalue weighted by Gasteiger charge is -2.08. The maximum atomic E-state index is 12.7. The van der Waals surface area contributed by atoms with Gasteiger partial charge in [0.2, 0.25) is 5.91 Å². The van der Waals surface area contributed by atoms with E-state index in [4.69, 9.17) is 4.74 Å². The number of H-pyrrole nitrogens is 2. The quantitative estimate of drug-likeness (QED) is 0.663. The molecular formula is C15H16FN3O4. The first kappa shape index (κ1) is 16.5. The Balaban J connectivity index is 1.81. The number of carbonyl (C=O) groups excluding carboxylic acids is 1. The zero-order valence-electron chi connectivity index (χ0n) is 12.4. The molecule has 0 radical (unpaired) electrons. The van der Waals surface area contributed by atoms with Gasteiger partial charge < -0.3 is 15.0 Å². The van der Waals surface area contributed by atoms with Crippen LogP contribution in [0.1, 0.15) is 11.3 Å². The highest BCUT2D eigenvalue weighted by atomic mass is 19.1. The van der Waals surface area contributed by atoms with Crippen LogP contribution in [0.2, 0.25) is 0 Å². The third-order valence-corrected chi connectivity index (χ3v) is 3.10. The third kappa shape index (κ3) is 4.80. The van der Waals surface area contributed by atoms with Gasteiger partial charge in [-0.05, 0) is 31.2 Å². The van der Waals surface area contributed by atoms with Crippen molar-refractivity contribution in [3.63, 3.8) is 0 Å². The largest absolute Gasteiger partial charge is 0.492 e. The predicted octanol–water partition coefficient (Wildman–Crippen LogP) is 0.248. The molecule has 0 bridgehead atoms. The van der Waals surface area contributed by atoms with E-state index in [1.54, 1.807) is 6.92 Å². The molecule has 23 heavy (non-hydrogen) atoms. The second-order valence-corrected chi connectivity index (χ2v) is 4.84. The molecule has 0 aliphatic heterocycles. The molecule has 2 rings (SSSR count). The van der Waals surface area contributed by atoms with E-state index >= 15 is 0 Å². The van der Waals surface area contributed by atoms with Gasteiger partial charge in [0.25, 0.3) is 5.56 Å². The van der Waals surface area contributed by atoms with Gasteiger partial charge in [-0.2, -0.15) is 0 Å². The Kier molecular flexibility index (Phi) is 5.29. The lowest BCUT2D eigenvalue weighted by Crippen LogP contribution is -2.34. The van der Waals surface area contributed by atoms with E-state index in [1.165, 1.54) is 24.3 Å². The van der Waals surface area contributed by atoms with Crippen molar-refractivity contribution in [2.45, 2.75) is 13.3 Å². The van der Waals surface area contributed by atoms with Crippen molar-refractivity contribution in [2.24, 2.45) is 0 Å². The standard InChI is InChI=1S/C15H16FN3O4/c1-9-12(14(21)19-15(22)18-9)8-13(20)17-6-7-23-11-4-2-10(16)3-5-11/h2-5H,6-8H2,1H3,(H,17,20)(H2,18,19,21,22). The first-order valence-electron chi connectivity index (χ1n) is 6.93. The highest BCUT2D eigenvalue weighted by molar-refractivity contribution is 5.78. The van der Waals surface area contributed by atoms with Crippen LogP contribution in [0.5, 0.6) is 5.75 Å². The van der Waals surface area contributed by atoms with Crippen molar-refractivity contribution >= 4 is 5.91 Å². The van der Waals surface area contributed by atoms with Crippen molar-refractivity contribution in [3.05, 3.63) is 62.2 Å².